The number of benzene rings is 1. The molecule has 1 fully saturated rings. The van der Waals surface area contributed by atoms with Crippen LogP contribution in [0.1, 0.15) is 42.5 Å². The summed E-state index contributed by atoms with van der Waals surface area (Å²) in [5, 5.41) is 3.78. The van der Waals surface area contributed by atoms with E-state index >= 15 is 0 Å². The number of nitrogens with one attached hydrogen (secondary N) is 1. The van der Waals surface area contributed by atoms with Crippen molar-refractivity contribution in [2.24, 2.45) is 0 Å². The zero-order chi connectivity index (χ0) is 17.5. The van der Waals surface area contributed by atoms with Crippen molar-refractivity contribution in [2.45, 2.75) is 37.4 Å². The van der Waals surface area contributed by atoms with Gasteiger partial charge in [-0.3, -0.25) is 4.79 Å². The number of aromatic nitrogens is 2. The normalized spacial score (nSPS) is 15.0. The lowest BCUT2D eigenvalue weighted by Gasteiger charge is -2.20. The van der Waals surface area contributed by atoms with Crippen molar-refractivity contribution in [3.8, 4) is 11.3 Å². The summed E-state index contributed by atoms with van der Waals surface area (Å²) in [5.74, 6) is 1.20. The number of nitrogens with zero attached hydrogens (tertiary/aromatic N) is 2. The van der Waals surface area contributed by atoms with Crippen LogP contribution >= 0.6 is 11.8 Å². The Morgan fingerprint density at radius 1 is 1.16 bits per heavy atom. The van der Waals surface area contributed by atoms with Crippen LogP contribution in [0.25, 0.3) is 11.3 Å². The molecule has 0 saturated heterocycles. The van der Waals surface area contributed by atoms with Gasteiger partial charge in [-0.15, -0.1) is 0 Å². The smallest absolute Gasteiger partial charge is 0.251 e. The second kappa shape index (κ2) is 8.85. The molecule has 1 aliphatic carbocycles. The van der Waals surface area contributed by atoms with Crippen molar-refractivity contribution in [3.05, 3.63) is 42.1 Å². The molecule has 6 heteroatoms. The van der Waals surface area contributed by atoms with Crippen LogP contribution in [-0.2, 0) is 0 Å². The monoisotopic (exact) mass is 356 g/mol. The van der Waals surface area contributed by atoms with Crippen molar-refractivity contribution in [2.75, 3.05) is 18.0 Å². The van der Waals surface area contributed by atoms with Gasteiger partial charge in [-0.2, -0.15) is 11.8 Å². The third kappa shape index (κ3) is 5.19. The van der Waals surface area contributed by atoms with E-state index in [1.807, 2.05) is 36.0 Å². The van der Waals surface area contributed by atoms with E-state index in [9.17, 15) is 4.79 Å². The fourth-order valence-electron chi connectivity index (χ4n) is 3.05. The number of rotatable bonds is 6. The van der Waals surface area contributed by atoms with Crippen LogP contribution in [-0.4, -0.2) is 33.4 Å². The molecule has 3 rings (SSSR count). The standard InChI is InChI=1S/C19H24N4OS/c20-19-22-11-10-17(23-19)14-6-8-15(9-7-14)18(24)21-12-13-25-16-4-2-1-3-5-16/h6-11,16H,1-5,12-13H2,(H,21,24)(H2,20,22,23). The van der Waals surface area contributed by atoms with Crippen LogP contribution in [0.2, 0.25) is 0 Å². The molecule has 1 saturated carbocycles. The molecule has 1 aromatic carbocycles. The minimum absolute atomic E-state index is 0.0296. The van der Waals surface area contributed by atoms with Gasteiger partial charge in [0.1, 0.15) is 0 Å². The third-order valence-corrected chi connectivity index (χ3v) is 5.79. The third-order valence-electron chi connectivity index (χ3n) is 4.41. The Bertz CT molecular complexity index is 699. The molecule has 132 valence electrons. The van der Waals surface area contributed by atoms with Crippen molar-refractivity contribution < 1.29 is 4.79 Å². The van der Waals surface area contributed by atoms with E-state index in [0.29, 0.717) is 12.1 Å². The van der Waals surface area contributed by atoms with Crippen LogP contribution in [0.4, 0.5) is 5.95 Å². The molecule has 0 spiro atoms. The second-order valence-electron chi connectivity index (χ2n) is 6.26. The van der Waals surface area contributed by atoms with Gasteiger partial charge < -0.3 is 11.1 Å². The van der Waals surface area contributed by atoms with Gasteiger partial charge >= 0.3 is 0 Å². The molecule has 0 unspecified atom stereocenters. The van der Waals surface area contributed by atoms with Gasteiger partial charge in [-0.25, -0.2) is 9.97 Å². The number of hydrogen-bond donors (Lipinski definition) is 2. The quantitative estimate of drug-likeness (QED) is 0.774. The maximum Gasteiger partial charge on any atom is 0.251 e. The van der Waals surface area contributed by atoms with Crippen LogP contribution in [0.15, 0.2) is 36.5 Å². The van der Waals surface area contributed by atoms with Crippen LogP contribution in [0.5, 0.6) is 0 Å². The predicted molar refractivity (Wildman–Crippen MR) is 104 cm³/mol. The molecule has 0 atom stereocenters. The molecule has 1 aromatic heterocycles. The minimum Gasteiger partial charge on any atom is -0.368 e. The molecule has 25 heavy (non-hydrogen) atoms. The fourth-order valence-corrected chi connectivity index (χ4v) is 4.27. The summed E-state index contributed by atoms with van der Waals surface area (Å²) in [5.41, 5.74) is 7.94. The highest BCUT2D eigenvalue weighted by Crippen LogP contribution is 2.27. The number of hydrogen-bond acceptors (Lipinski definition) is 5. The summed E-state index contributed by atoms with van der Waals surface area (Å²) in [6.45, 7) is 0.712. The lowest BCUT2D eigenvalue weighted by Crippen LogP contribution is -2.26. The number of carbonyl (C=O) groups is 1. The predicted octanol–water partition coefficient (Wildman–Crippen LogP) is 3.52. The molecule has 1 amide bonds. The molecule has 2 aromatic rings. The SMILES string of the molecule is Nc1nccc(-c2ccc(C(=O)NCCSC3CCCCC3)cc2)n1. The Labute approximate surface area is 152 Å². The van der Waals surface area contributed by atoms with Gasteiger partial charge in [0.15, 0.2) is 0 Å². The number of thioether (sulfide) groups is 1. The molecular formula is C19H24N4OS. The summed E-state index contributed by atoms with van der Waals surface area (Å²) in [6, 6.07) is 9.20. The number of nitrogens with two attached hydrogens (primary N) is 1. The van der Waals surface area contributed by atoms with Crippen molar-refractivity contribution >= 4 is 23.6 Å². The Morgan fingerprint density at radius 2 is 1.92 bits per heavy atom. The maximum atomic E-state index is 12.2. The van der Waals surface area contributed by atoms with Gasteiger partial charge in [0, 0.05) is 34.9 Å². The van der Waals surface area contributed by atoms with E-state index in [1.54, 1.807) is 12.3 Å². The first kappa shape index (κ1) is 17.7. The lowest BCUT2D eigenvalue weighted by atomic mass is 10.0. The van der Waals surface area contributed by atoms with Crippen LogP contribution in [0, 0.1) is 0 Å². The van der Waals surface area contributed by atoms with E-state index in [-0.39, 0.29) is 11.9 Å². The Morgan fingerprint density at radius 3 is 2.64 bits per heavy atom. The highest BCUT2D eigenvalue weighted by atomic mass is 32.2. The lowest BCUT2D eigenvalue weighted by molar-refractivity contribution is 0.0956. The molecule has 0 radical (unpaired) electrons. The first-order valence-electron chi connectivity index (χ1n) is 8.81. The van der Waals surface area contributed by atoms with Gasteiger partial charge in [-0.05, 0) is 31.0 Å². The largest absolute Gasteiger partial charge is 0.368 e. The molecular weight excluding hydrogens is 332 g/mol. The Balaban J connectivity index is 1.47. The number of nitrogen functional groups attached to an aromatic ring is 1. The van der Waals surface area contributed by atoms with Crippen LogP contribution < -0.4 is 11.1 Å². The van der Waals surface area contributed by atoms with Crippen LogP contribution in [0.3, 0.4) is 0 Å². The summed E-state index contributed by atoms with van der Waals surface area (Å²) in [4.78, 5) is 20.3. The Kier molecular flexibility index (Phi) is 6.28. The van der Waals surface area contributed by atoms with Crippen molar-refractivity contribution in [1.82, 2.24) is 15.3 Å². The number of carbonyl (C=O) groups excluding carboxylic acids is 1. The average molecular weight is 356 g/mol. The molecule has 1 aliphatic rings. The van der Waals surface area contributed by atoms with Gasteiger partial charge in [0.05, 0.1) is 5.69 Å². The fraction of sp³-hybridized carbons (Fsp3) is 0.421. The first-order chi connectivity index (χ1) is 12.2. The van der Waals surface area contributed by atoms with E-state index in [4.69, 9.17) is 5.73 Å². The highest BCUT2D eigenvalue weighted by molar-refractivity contribution is 7.99. The zero-order valence-corrected chi connectivity index (χ0v) is 15.1. The maximum absolute atomic E-state index is 12.2. The summed E-state index contributed by atoms with van der Waals surface area (Å²) in [6.07, 6.45) is 8.37. The van der Waals surface area contributed by atoms with E-state index in [0.717, 1.165) is 22.3 Å². The number of amides is 1. The molecule has 3 N–H and O–H groups in total. The van der Waals surface area contributed by atoms with E-state index in [2.05, 4.69) is 15.3 Å². The molecule has 1 heterocycles. The Hall–Kier alpha value is -2.08. The van der Waals surface area contributed by atoms with E-state index in [1.165, 1.54) is 32.1 Å². The van der Waals surface area contributed by atoms with Crippen molar-refractivity contribution in [3.63, 3.8) is 0 Å². The summed E-state index contributed by atoms with van der Waals surface area (Å²) >= 11 is 1.99. The summed E-state index contributed by atoms with van der Waals surface area (Å²) in [7, 11) is 0. The zero-order valence-electron chi connectivity index (χ0n) is 14.3. The first-order valence-corrected chi connectivity index (χ1v) is 9.86. The molecule has 5 nitrogen and oxygen atoms in total. The van der Waals surface area contributed by atoms with Crippen molar-refractivity contribution in [1.29, 1.82) is 0 Å². The highest BCUT2D eigenvalue weighted by Gasteiger charge is 2.13. The van der Waals surface area contributed by atoms with E-state index < -0.39 is 0 Å². The second-order valence-corrected chi connectivity index (χ2v) is 7.67. The molecule has 0 bridgehead atoms. The minimum atomic E-state index is -0.0296. The topological polar surface area (TPSA) is 80.9 Å². The van der Waals surface area contributed by atoms with Gasteiger partial charge in [-0.1, -0.05) is 31.4 Å². The van der Waals surface area contributed by atoms with Gasteiger partial charge in [0.2, 0.25) is 5.95 Å². The number of anilines is 1. The summed E-state index contributed by atoms with van der Waals surface area (Å²) < 4.78 is 0. The van der Waals surface area contributed by atoms with Gasteiger partial charge in [0.25, 0.3) is 5.91 Å². The average Bonchev–Trinajstić information content (AvgIpc) is 2.66. The molecule has 0 aliphatic heterocycles.